The summed E-state index contributed by atoms with van der Waals surface area (Å²) in [5, 5.41) is 1.27. The average molecular weight is 378 g/mol. The third-order valence-electron chi connectivity index (χ3n) is 5.21. The van der Waals surface area contributed by atoms with Gasteiger partial charge in [0.05, 0.1) is 0 Å². The molecule has 2 aliphatic heterocycles. The van der Waals surface area contributed by atoms with Crippen LogP contribution in [0.3, 0.4) is 0 Å². The number of carbonyl (C=O) groups is 1. The Kier molecular flexibility index (Phi) is 6.11. The molecule has 0 aliphatic carbocycles. The molecule has 1 amide bonds. The lowest BCUT2D eigenvalue weighted by Crippen LogP contribution is -2.50. The van der Waals surface area contributed by atoms with Crippen LogP contribution in [-0.2, 0) is 14.8 Å². The molecule has 1 aromatic rings. The van der Waals surface area contributed by atoms with Gasteiger partial charge in [-0.25, -0.2) is 8.42 Å². The zero-order chi connectivity index (χ0) is 18.6. The molecular formula is C19H27N3O3S. The van der Waals surface area contributed by atoms with E-state index in [4.69, 9.17) is 0 Å². The molecule has 2 aliphatic rings. The van der Waals surface area contributed by atoms with Gasteiger partial charge in [-0.15, -0.1) is 0 Å². The van der Waals surface area contributed by atoms with Gasteiger partial charge in [-0.1, -0.05) is 30.3 Å². The summed E-state index contributed by atoms with van der Waals surface area (Å²) in [7, 11) is -1.38. The molecule has 6 nitrogen and oxygen atoms in total. The van der Waals surface area contributed by atoms with Gasteiger partial charge in [0.15, 0.2) is 0 Å². The molecule has 0 atom stereocenters. The number of piperidine rings is 1. The van der Waals surface area contributed by atoms with Crippen LogP contribution < -0.4 is 0 Å². The lowest BCUT2D eigenvalue weighted by molar-refractivity contribution is -0.138. The average Bonchev–Trinajstić information content (AvgIpc) is 2.67. The second-order valence-electron chi connectivity index (χ2n) is 7.06. The number of amides is 1. The van der Waals surface area contributed by atoms with Crippen molar-refractivity contribution in [1.82, 2.24) is 14.1 Å². The molecule has 0 radical (unpaired) electrons. The smallest absolute Gasteiger partial charge is 0.236 e. The molecule has 0 aromatic heterocycles. The highest BCUT2D eigenvalue weighted by Crippen LogP contribution is 2.23. The fourth-order valence-corrected chi connectivity index (χ4v) is 4.68. The minimum absolute atomic E-state index is 0.0528. The molecule has 0 saturated carbocycles. The predicted octanol–water partition coefficient (Wildman–Crippen LogP) is 1.47. The number of piperazine rings is 1. The van der Waals surface area contributed by atoms with Crippen LogP contribution in [0.25, 0.3) is 6.08 Å². The number of likely N-dealkylation sites (N-methyl/N-ethyl adjacent to an activating group) is 1. The van der Waals surface area contributed by atoms with Crippen molar-refractivity contribution in [2.75, 3.05) is 46.3 Å². The second-order valence-corrected chi connectivity index (χ2v) is 8.88. The molecule has 3 rings (SSSR count). The predicted molar refractivity (Wildman–Crippen MR) is 103 cm³/mol. The van der Waals surface area contributed by atoms with Crippen molar-refractivity contribution in [3.63, 3.8) is 0 Å². The number of hydrogen-bond acceptors (Lipinski definition) is 4. The molecule has 26 heavy (non-hydrogen) atoms. The number of carbonyl (C=O) groups excluding carboxylic acids is 1. The summed E-state index contributed by atoms with van der Waals surface area (Å²) >= 11 is 0. The summed E-state index contributed by atoms with van der Waals surface area (Å²) in [5.74, 6) is 0.137. The Hall–Kier alpha value is -1.70. The molecule has 7 heteroatoms. The van der Waals surface area contributed by atoms with Crippen molar-refractivity contribution < 1.29 is 13.2 Å². The molecule has 0 N–H and O–H groups in total. The Bertz CT molecular complexity index is 733. The van der Waals surface area contributed by atoms with Crippen LogP contribution >= 0.6 is 0 Å². The Morgan fingerprint density at radius 3 is 2.23 bits per heavy atom. The SMILES string of the molecule is CN1CCN(C(=O)C2CCN(S(=O)(=O)/C=C/c3ccccc3)CC2)CC1. The molecule has 2 fully saturated rings. The highest BCUT2D eigenvalue weighted by molar-refractivity contribution is 7.92. The lowest BCUT2D eigenvalue weighted by Gasteiger charge is -2.37. The molecule has 2 saturated heterocycles. The number of rotatable bonds is 4. The van der Waals surface area contributed by atoms with Gasteiger partial charge < -0.3 is 9.80 Å². The molecule has 0 spiro atoms. The first-order valence-electron chi connectivity index (χ1n) is 9.16. The summed E-state index contributed by atoms with van der Waals surface area (Å²) in [4.78, 5) is 16.8. The number of benzene rings is 1. The molecule has 2 heterocycles. The van der Waals surface area contributed by atoms with Crippen molar-refractivity contribution in [2.45, 2.75) is 12.8 Å². The van der Waals surface area contributed by atoms with Crippen LogP contribution in [0.1, 0.15) is 18.4 Å². The largest absolute Gasteiger partial charge is 0.340 e. The Morgan fingerprint density at radius 1 is 1.00 bits per heavy atom. The topological polar surface area (TPSA) is 60.9 Å². The van der Waals surface area contributed by atoms with Crippen LogP contribution in [0.15, 0.2) is 35.7 Å². The van der Waals surface area contributed by atoms with Crippen molar-refractivity contribution in [1.29, 1.82) is 0 Å². The maximum Gasteiger partial charge on any atom is 0.236 e. The summed E-state index contributed by atoms with van der Waals surface area (Å²) in [5.41, 5.74) is 0.858. The van der Waals surface area contributed by atoms with Crippen LogP contribution in [-0.4, -0.2) is 74.7 Å². The van der Waals surface area contributed by atoms with E-state index in [1.165, 1.54) is 9.71 Å². The third-order valence-corrected chi connectivity index (χ3v) is 6.77. The maximum absolute atomic E-state index is 12.7. The van der Waals surface area contributed by atoms with Crippen molar-refractivity contribution in [3.8, 4) is 0 Å². The summed E-state index contributed by atoms with van der Waals surface area (Å²) < 4.78 is 26.5. The Labute approximate surface area is 156 Å². The first-order valence-corrected chi connectivity index (χ1v) is 10.7. The Balaban J connectivity index is 1.54. The van der Waals surface area contributed by atoms with E-state index in [9.17, 15) is 13.2 Å². The molecule has 1 aromatic carbocycles. The van der Waals surface area contributed by atoms with Crippen LogP contribution in [0.5, 0.6) is 0 Å². The van der Waals surface area contributed by atoms with E-state index in [0.717, 1.165) is 31.7 Å². The molecule has 142 valence electrons. The van der Waals surface area contributed by atoms with E-state index in [1.54, 1.807) is 6.08 Å². The van der Waals surface area contributed by atoms with Gasteiger partial charge in [0, 0.05) is 50.6 Å². The first kappa shape index (κ1) is 19.1. The maximum atomic E-state index is 12.7. The van der Waals surface area contributed by atoms with Crippen LogP contribution in [0.4, 0.5) is 0 Å². The van der Waals surface area contributed by atoms with E-state index in [1.807, 2.05) is 35.2 Å². The van der Waals surface area contributed by atoms with Crippen molar-refractivity contribution in [3.05, 3.63) is 41.3 Å². The van der Waals surface area contributed by atoms with Gasteiger partial charge >= 0.3 is 0 Å². The van der Waals surface area contributed by atoms with E-state index >= 15 is 0 Å². The fourth-order valence-electron chi connectivity index (χ4n) is 3.46. The zero-order valence-electron chi connectivity index (χ0n) is 15.3. The lowest BCUT2D eigenvalue weighted by atomic mass is 9.96. The number of nitrogens with zero attached hydrogens (tertiary/aromatic N) is 3. The fraction of sp³-hybridized carbons (Fsp3) is 0.526. The number of hydrogen-bond donors (Lipinski definition) is 0. The van der Waals surface area contributed by atoms with E-state index in [-0.39, 0.29) is 11.8 Å². The van der Waals surface area contributed by atoms with Gasteiger partial charge in [-0.05, 0) is 31.5 Å². The third kappa shape index (κ3) is 4.72. The molecule has 0 unspecified atom stereocenters. The zero-order valence-corrected chi connectivity index (χ0v) is 16.1. The summed E-state index contributed by atoms with van der Waals surface area (Å²) in [6, 6.07) is 9.39. The molecule has 0 bridgehead atoms. The normalized spacial score (nSPS) is 21.3. The second kappa shape index (κ2) is 8.33. The molecular weight excluding hydrogens is 350 g/mol. The van der Waals surface area contributed by atoms with Gasteiger partial charge in [-0.3, -0.25) is 4.79 Å². The van der Waals surface area contributed by atoms with Gasteiger partial charge in [0.2, 0.25) is 15.9 Å². The summed E-state index contributed by atoms with van der Waals surface area (Å²) in [6.07, 6.45) is 2.82. The quantitative estimate of drug-likeness (QED) is 0.797. The van der Waals surface area contributed by atoms with E-state index in [0.29, 0.717) is 25.9 Å². The van der Waals surface area contributed by atoms with Crippen molar-refractivity contribution in [2.24, 2.45) is 5.92 Å². The minimum atomic E-state index is -3.44. The van der Waals surface area contributed by atoms with Crippen LogP contribution in [0, 0.1) is 5.92 Å². The van der Waals surface area contributed by atoms with E-state index in [2.05, 4.69) is 11.9 Å². The van der Waals surface area contributed by atoms with E-state index < -0.39 is 10.0 Å². The van der Waals surface area contributed by atoms with Crippen molar-refractivity contribution >= 4 is 22.0 Å². The minimum Gasteiger partial charge on any atom is -0.340 e. The van der Waals surface area contributed by atoms with Gasteiger partial charge in [0.25, 0.3) is 0 Å². The Morgan fingerprint density at radius 2 is 1.62 bits per heavy atom. The first-order chi connectivity index (χ1) is 12.5. The van der Waals surface area contributed by atoms with Gasteiger partial charge in [0.1, 0.15) is 0 Å². The summed E-state index contributed by atoms with van der Waals surface area (Å²) in [6.45, 7) is 4.17. The highest BCUT2D eigenvalue weighted by Gasteiger charge is 2.32. The highest BCUT2D eigenvalue weighted by atomic mass is 32.2. The van der Waals surface area contributed by atoms with Crippen LogP contribution in [0.2, 0.25) is 0 Å². The number of sulfonamides is 1. The standard InChI is InChI=1S/C19H27N3O3S/c1-20-12-14-21(15-13-20)19(23)18-7-10-22(11-8-18)26(24,25)16-9-17-5-3-2-4-6-17/h2-6,9,16,18H,7-8,10-15H2,1H3/b16-9+. The van der Waals surface area contributed by atoms with Gasteiger partial charge in [-0.2, -0.15) is 4.31 Å². The monoisotopic (exact) mass is 377 g/mol.